The molecule has 0 spiro atoms. The van der Waals surface area contributed by atoms with Crippen LogP contribution in [0.25, 0.3) is 0 Å². The molecule has 1 aromatic heterocycles. The predicted molar refractivity (Wildman–Crippen MR) is 71.3 cm³/mol. The summed E-state index contributed by atoms with van der Waals surface area (Å²) in [6.45, 7) is 2.41. The first-order chi connectivity index (χ1) is 5.64. The van der Waals surface area contributed by atoms with Crippen molar-refractivity contribution in [3.63, 3.8) is 0 Å². The first kappa shape index (κ1) is 20.4. The maximum Gasteiger partial charge on any atom is 0.0422 e. The highest BCUT2D eigenvalue weighted by Crippen LogP contribution is 2.05. The van der Waals surface area contributed by atoms with Gasteiger partial charge in [-0.15, -0.1) is 37.2 Å². The molecule has 15 heavy (non-hydrogen) atoms. The van der Waals surface area contributed by atoms with Crippen molar-refractivity contribution in [3.05, 3.63) is 30.1 Å². The number of pyridine rings is 1. The molecule has 4 N–H and O–H groups in total. The number of nitrogens with zero attached hydrogens (tertiary/aromatic N) is 1. The first-order valence-corrected chi connectivity index (χ1v) is 4.03. The maximum absolute atomic E-state index is 5.88. The quantitative estimate of drug-likeness (QED) is 0.879. The molecule has 0 bridgehead atoms. The second-order valence-electron chi connectivity index (χ2n) is 3.36. The van der Waals surface area contributed by atoms with Crippen molar-refractivity contribution in [1.29, 1.82) is 0 Å². The molecule has 0 aliphatic heterocycles. The van der Waals surface area contributed by atoms with Crippen LogP contribution in [0.3, 0.4) is 0 Å². The van der Waals surface area contributed by atoms with E-state index in [4.69, 9.17) is 11.5 Å². The molecule has 0 aliphatic rings. The van der Waals surface area contributed by atoms with E-state index in [9.17, 15) is 0 Å². The van der Waals surface area contributed by atoms with Gasteiger partial charge in [0.15, 0.2) is 0 Å². The molecule has 1 aromatic rings. The Morgan fingerprint density at radius 2 is 1.87 bits per heavy atom. The van der Waals surface area contributed by atoms with Crippen LogP contribution in [0.1, 0.15) is 12.6 Å². The van der Waals surface area contributed by atoms with Crippen LogP contribution < -0.4 is 11.5 Å². The summed E-state index contributed by atoms with van der Waals surface area (Å²) in [5.41, 5.74) is 12.0. The molecule has 0 aromatic carbocycles. The smallest absolute Gasteiger partial charge is 0.0422 e. The SMILES string of the molecule is CC(N)(CN)Cc1ccccn1.Cl.Cl.Cl. The Morgan fingerprint density at radius 1 is 1.27 bits per heavy atom. The topological polar surface area (TPSA) is 64.9 Å². The molecule has 90 valence electrons. The Morgan fingerprint density at radius 3 is 2.27 bits per heavy atom. The van der Waals surface area contributed by atoms with E-state index in [0.717, 1.165) is 12.1 Å². The van der Waals surface area contributed by atoms with Gasteiger partial charge in [0.25, 0.3) is 0 Å². The van der Waals surface area contributed by atoms with E-state index >= 15 is 0 Å². The molecule has 1 atom stereocenters. The van der Waals surface area contributed by atoms with Gasteiger partial charge in [-0.25, -0.2) is 0 Å². The Labute approximate surface area is 109 Å². The molecular weight excluding hydrogens is 256 g/mol. The van der Waals surface area contributed by atoms with Gasteiger partial charge in [-0.1, -0.05) is 6.07 Å². The lowest BCUT2D eigenvalue weighted by atomic mass is 9.97. The minimum atomic E-state index is -0.339. The zero-order valence-corrected chi connectivity index (χ0v) is 11.0. The average molecular weight is 275 g/mol. The van der Waals surface area contributed by atoms with Crippen LogP contribution in [0, 0.1) is 0 Å². The molecule has 0 aliphatic carbocycles. The second-order valence-corrected chi connectivity index (χ2v) is 3.36. The maximum atomic E-state index is 5.88. The summed E-state index contributed by atoms with van der Waals surface area (Å²) in [5.74, 6) is 0. The second kappa shape index (κ2) is 9.19. The van der Waals surface area contributed by atoms with Crippen molar-refractivity contribution in [3.8, 4) is 0 Å². The van der Waals surface area contributed by atoms with Crippen molar-refractivity contribution >= 4 is 37.2 Å². The third kappa shape index (κ3) is 7.82. The van der Waals surface area contributed by atoms with Crippen LogP contribution in [-0.4, -0.2) is 17.1 Å². The molecule has 0 saturated heterocycles. The molecule has 1 rings (SSSR count). The highest BCUT2D eigenvalue weighted by molar-refractivity contribution is 5.86. The van der Waals surface area contributed by atoms with E-state index in [0.29, 0.717) is 6.54 Å². The van der Waals surface area contributed by atoms with Crippen molar-refractivity contribution < 1.29 is 0 Å². The van der Waals surface area contributed by atoms with E-state index in [1.165, 1.54) is 0 Å². The molecule has 0 fully saturated rings. The lowest BCUT2D eigenvalue weighted by molar-refractivity contribution is 0.472. The molecule has 0 saturated carbocycles. The van der Waals surface area contributed by atoms with Crippen LogP contribution in [0.4, 0.5) is 0 Å². The van der Waals surface area contributed by atoms with Gasteiger partial charge in [0.2, 0.25) is 0 Å². The third-order valence-corrected chi connectivity index (χ3v) is 1.78. The molecule has 1 heterocycles. The largest absolute Gasteiger partial charge is 0.329 e. The number of nitrogens with two attached hydrogens (primary N) is 2. The van der Waals surface area contributed by atoms with Crippen LogP contribution >= 0.6 is 37.2 Å². The summed E-state index contributed by atoms with van der Waals surface area (Å²) >= 11 is 0. The van der Waals surface area contributed by atoms with Crippen molar-refractivity contribution in [2.75, 3.05) is 6.54 Å². The Hall–Kier alpha value is -0.0600. The molecule has 0 amide bonds. The fourth-order valence-corrected chi connectivity index (χ4v) is 0.989. The number of hydrogen-bond donors (Lipinski definition) is 2. The molecule has 1 unspecified atom stereocenters. The van der Waals surface area contributed by atoms with Crippen LogP contribution in [0.15, 0.2) is 24.4 Å². The standard InChI is InChI=1S/C9H15N3.3ClH/c1-9(11,7-10)6-8-4-2-3-5-12-8;;;/h2-5H,6-7,10-11H2,1H3;3*1H. The highest BCUT2D eigenvalue weighted by atomic mass is 35.5. The third-order valence-electron chi connectivity index (χ3n) is 1.78. The lowest BCUT2D eigenvalue weighted by Crippen LogP contribution is -2.46. The number of rotatable bonds is 3. The van der Waals surface area contributed by atoms with Gasteiger partial charge in [0, 0.05) is 30.4 Å². The first-order valence-electron chi connectivity index (χ1n) is 4.03. The van der Waals surface area contributed by atoms with E-state index in [-0.39, 0.29) is 42.8 Å². The van der Waals surface area contributed by atoms with Gasteiger partial charge in [0.1, 0.15) is 0 Å². The van der Waals surface area contributed by atoms with Crippen molar-refractivity contribution in [2.24, 2.45) is 11.5 Å². The van der Waals surface area contributed by atoms with E-state index in [2.05, 4.69) is 4.98 Å². The molecular formula is C9H18Cl3N3. The zero-order chi connectivity index (χ0) is 9.03. The number of halogens is 3. The summed E-state index contributed by atoms with van der Waals surface area (Å²) in [6.07, 6.45) is 2.49. The van der Waals surface area contributed by atoms with Crippen molar-refractivity contribution in [1.82, 2.24) is 4.98 Å². The normalized spacial score (nSPS) is 12.5. The highest BCUT2D eigenvalue weighted by Gasteiger charge is 2.16. The van der Waals surface area contributed by atoms with Gasteiger partial charge in [-0.3, -0.25) is 4.98 Å². The molecule has 0 radical (unpaired) electrons. The molecule has 3 nitrogen and oxygen atoms in total. The molecule has 6 heteroatoms. The summed E-state index contributed by atoms with van der Waals surface area (Å²) in [4.78, 5) is 4.18. The van der Waals surface area contributed by atoms with Gasteiger partial charge in [-0.2, -0.15) is 0 Å². The van der Waals surface area contributed by atoms with E-state index < -0.39 is 0 Å². The van der Waals surface area contributed by atoms with Gasteiger partial charge >= 0.3 is 0 Å². The van der Waals surface area contributed by atoms with Gasteiger partial charge in [0.05, 0.1) is 0 Å². The Kier molecular flexibility index (Phi) is 12.5. The van der Waals surface area contributed by atoms with Gasteiger partial charge < -0.3 is 11.5 Å². The fraction of sp³-hybridized carbons (Fsp3) is 0.444. The van der Waals surface area contributed by atoms with Crippen LogP contribution in [0.2, 0.25) is 0 Å². The minimum Gasteiger partial charge on any atom is -0.329 e. The van der Waals surface area contributed by atoms with Crippen LogP contribution in [-0.2, 0) is 6.42 Å². The predicted octanol–water partition coefficient (Wildman–Crippen LogP) is 1.57. The van der Waals surface area contributed by atoms with Gasteiger partial charge in [-0.05, 0) is 19.1 Å². The van der Waals surface area contributed by atoms with E-state index in [1.807, 2.05) is 25.1 Å². The fourth-order valence-electron chi connectivity index (χ4n) is 0.989. The summed E-state index contributed by atoms with van der Waals surface area (Å²) in [6, 6.07) is 5.80. The Balaban J connectivity index is -0.000000480. The summed E-state index contributed by atoms with van der Waals surface area (Å²) in [7, 11) is 0. The number of aromatic nitrogens is 1. The Bertz CT molecular complexity index is 242. The van der Waals surface area contributed by atoms with Crippen LogP contribution in [0.5, 0.6) is 0 Å². The minimum absolute atomic E-state index is 0. The summed E-state index contributed by atoms with van der Waals surface area (Å²) < 4.78 is 0. The number of hydrogen-bond acceptors (Lipinski definition) is 3. The summed E-state index contributed by atoms with van der Waals surface area (Å²) in [5, 5.41) is 0. The monoisotopic (exact) mass is 273 g/mol. The van der Waals surface area contributed by atoms with E-state index in [1.54, 1.807) is 6.20 Å². The van der Waals surface area contributed by atoms with Crippen molar-refractivity contribution in [2.45, 2.75) is 18.9 Å². The lowest BCUT2D eigenvalue weighted by Gasteiger charge is -2.21. The zero-order valence-electron chi connectivity index (χ0n) is 8.55. The average Bonchev–Trinajstić information content (AvgIpc) is 2.06.